The minimum atomic E-state index is -0.351. The topological polar surface area (TPSA) is 82.1 Å². The molecule has 0 radical (unpaired) electrons. The number of hydrogen-bond donors (Lipinski definition) is 0. The lowest BCUT2D eigenvalue weighted by Crippen LogP contribution is -2.43. The highest BCUT2D eigenvalue weighted by atomic mass is 16.5. The van der Waals surface area contributed by atoms with Gasteiger partial charge in [-0.3, -0.25) is 9.59 Å². The Hall–Kier alpha value is -2.54. The van der Waals surface area contributed by atoms with Gasteiger partial charge >= 0.3 is 0 Å². The molecule has 0 N–H and O–H groups in total. The molecule has 152 valence electrons. The van der Waals surface area contributed by atoms with Crippen LogP contribution in [0.3, 0.4) is 0 Å². The van der Waals surface area contributed by atoms with Crippen LogP contribution < -0.4 is 4.96 Å². The van der Waals surface area contributed by atoms with Gasteiger partial charge in [-0.05, 0) is 50.6 Å². The Kier molecular flexibility index (Phi) is 4.50. The minimum Gasteiger partial charge on any atom is -0.571 e. The van der Waals surface area contributed by atoms with Gasteiger partial charge in [0.2, 0.25) is 17.3 Å². The summed E-state index contributed by atoms with van der Waals surface area (Å²) in [5.74, 6) is -0.644. The monoisotopic (exact) mass is 394 g/mol. The van der Waals surface area contributed by atoms with Crippen molar-refractivity contribution >= 4 is 11.6 Å². The van der Waals surface area contributed by atoms with Crippen molar-refractivity contribution in [3.05, 3.63) is 52.0 Å². The summed E-state index contributed by atoms with van der Waals surface area (Å²) >= 11 is 0. The number of hydrogen-bond acceptors (Lipinski definition) is 5. The Morgan fingerprint density at radius 2 is 1.62 bits per heavy atom. The van der Waals surface area contributed by atoms with E-state index < -0.39 is 0 Å². The van der Waals surface area contributed by atoms with Gasteiger partial charge in [0.05, 0.1) is 6.54 Å². The first-order chi connectivity index (χ1) is 14.1. The normalized spacial score (nSPS) is 20.8. The lowest BCUT2D eigenvalue weighted by Gasteiger charge is -2.39. The molecule has 5 rings (SSSR count). The Bertz CT molecular complexity index is 964. The number of benzene rings is 1. The molecule has 1 aromatic carbocycles. The molecule has 2 fully saturated rings. The SMILES string of the molecule is O=C1c2ccccc2C(=O)c2c1n[n+]([O-])n2CCCN1CCC2(CCCC2)CC1. The van der Waals surface area contributed by atoms with E-state index in [-0.39, 0.29) is 23.0 Å². The number of fused-ring (bicyclic) bond motifs is 2. The first kappa shape index (κ1) is 18.5. The molecule has 0 bridgehead atoms. The fraction of sp³-hybridized carbons (Fsp3) is 0.545. The smallest absolute Gasteiger partial charge is 0.220 e. The molecule has 1 aliphatic heterocycles. The van der Waals surface area contributed by atoms with E-state index >= 15 is 0 Å². The van der Waals surface area contributed by atoms with Crippen LogP contribution in [-0.2, 0) is 6.54 Å². The summed E-state index contributed by atoms with van der Waals surface area (Å²) in [5, 5.41) is 16.2. The molecule has 7 heteroatoms. The third kappa shape index (κ3) is 3.08. The number of carbonyl (C=O) groups is 2. The highest BCUT2D eigenvalue weighted by Gasteiger charge is 2.39. The van der Waals surface area contributed by atoms with Crippen molar-refractivity contribution in [1.82, 2.24) is 14.7 Å². The van der Waals surface area contributed by atoms with Crippen LogP contribution in [0.1, 0.15) is 77.0 Å². The summed E-state index contributed by atoms with van der Waals surface area (Å²) in [5.41, 5.74) is 1.38. The quantitative estimate of drug-likeness (QED) is 0.501. The maximum atomic E-state index is 12.9. The number of piperidine rings is 1. The summed E-state index contributed by atoms with van der Waals surface area (Å²) in [6, 6.07) is 6.69. The number of ketones is 2. The molecular weight excluding hydrogens is 368 g/mol. The van der Waals surface area contributed by atoms with Crippen LogP contribution in [0.25, 0.3) is 0 Å². The summed E-state index contributed by atoms with van der Waals surface area (Å²) in [7, 11) is 0. The predicted molar refractivity (Wildman–Crippen MR) is 106 cm³/mol. The Morgan fingerprint density at radius 1 is 0.966 bits per heavy atom. The van der Waals surface area contributed by atoms with Gasteiger partial charge in [0.1, 0.15) is 0 Å². The maximum Gasteiger partial charge on any atom is 0.220 e. The van der Waals surface area contributed by atoms with Crippen molar-refractivity contribution in [2.45, 2.75) is 51.5 Å². The van der Waals surface area contributed by atoms with Gasteiger partial charge in [0, 0.05) is 27.7 Å². The molecule has 1 saturated carbocycles. The van der Waals surface area contributed by atoms with Gasteiger partial charge in [-0.15, -0.1) is 4.68 Å². The largest absolute Gasteiger partial charge is 0.571 e. The van der Waals surface area contributed by atoms with Crippen LogP contribution in [0.5, 0.6) is 0 Å². The van der Waals surface area contributed by atoms with Crippen molar-refractivity contribution < 1.29 is 14.5 Å². The van der Waals surface area contributed by atoms with Crippen LogP contribution in [0.4, 0.5) is 0 Å². The lowest BCUT2D eigenvalue weighted by molar-refractivity contribution is -0.749. The van der Waals surface area contributed by atoms with Gasteiger partial charge in [0.25, 0.3) is 0 Å². The number of aromatic nitrogens is 3. The number of rotatable bonds is 4. The molecule has 1 saturated heterocycles. The molecule has 29 heavy (non-hydrogen) atoms. The van der Waals surface area contributed by atoms with Crippen molar-refractivity contribution in [2.24, 2.45) is 5.41 Å². The van der Waals surface area contributed by atoms with Crippen molar-refractivity contribution in [2.75, 3.05) is 19.6 Å². The third-order valence-electron chi connectivity index (χ3n) is 7.15. The number of carbonyl (C=O) groups excluding carboxylic acids is 2. The second kappa shape index (κ2) is 7.06. The van der Waals surface area contributed by atoms with E-state index in [2.05, 4.69) is 10.00 Å². The molecule has 2 aromatic rings. The number of likely N-dealkylation sites (tertiary alicyclic amines) is 1. The zero-order chi connectivity index (χ0) is 20.0. The van der Waals surface area contributed by atoms with Crippen LogP contribution in [0.2, 0.25) is 0 Å². The average Bonchev–Trinajstić information content (AvgIpc) is 3.33. The second-order valence-electron chi connectivity index (χ2n) is 8.78. The van der Waals surface area contributed by atoms with E-state index in [9.17, 15) is 14.8 Å². The maximum absolute atomic E-state index is 12.9. The van der Waals surface area contributed by atoms with E-state index in [1.54, 1.807) is 24.3 Å². The lowest BCUT2D eigenvalue weighted by atomic mass is 9.77. The first-order valence-electron chi connectivity index (χ1n) is 10.7. The Labute approximate surface area is 169 Å². The summed E-state index contributed by atoms with van der Waals surface area (Å²) < 4.78 is 1.33. The van der Waals surface area contributed by atoms with Crippen molar-refractivity contribution in [1.29, 1.82) is 0 Å². The number of nitrogens with zero attached hydrogens (tertiary/aromatic N) is 4. The van der Waals surface area contributed by atoms with Crippen LogP contribution >= 0.6 is 0 Å². The Morgan fingerprint density at radius 3 is 2.31 bits per heavy atom. The van der Waals surface area contributed by atoms with Crippen LogP contribution in [0.15, 0.2) is 24.3 Å². The van der Waals surface area contributed by atoms with E-state index in [4.69, 9.17) is 0 Å². The second-order valence-corrected chi connectivity index (χ2v) is 8.78. The van der Waals surface area contributed by atoms with Gasteiger partial charge in [0.15, 0.2) is 5.69 Å². The van der Waals surface area contributed by atoms with E-state index in [0.717, 1.165) is 26.1 Å². The van der Waals surface area contributed by atoms with Crippen molar-refractivity contribution in [3.8, 4) is 0 Å². The molecule has 0 amide bonds. The molecule has 0 atom stereocenters. The Balaban J connectivity index is 1.27. The van der Waals surface area contributed by atoms with Gasteiger partial charge in [-0.2, -0.15) is 0 Å². The molecule has 3 aliphatic rings. The fourth-order valence-electron chi connectivity index (χ4n) is 5.42. The predicted octanol–water partition coefficient (Wildman–Crippen LogP) is 2.34. The molecule has 2 heterocycles. The highest BCUT2D eigenvalue weighted by molar-refractivity contribution is 6.26. The average molecular weight is 394 g/mol. The molecule has 0 unspecified atom stereocenters. The standard InChI is InChI=1S/C22H26N4O3/c27-20-16-6-1-2-7-17(16)21(28)19-18(20)23-26(29)25(19)13-5-12-24-14-10-22(11-15-24)8-3-4-9-22/h1-2,6-7H,3-5,8-15H2. The molecule has 7 nitrogen and oxygen atoms in total. The fourth-order valence-corrected chi connectivity index (χ4v) is 5.42. The van der Waals surface area contributed by atoms with Gasteiger partial charge in [-0.25, -0.2) is 0 Å². The highest BCUT2D eigenvalue weighted by Crippen LogP contribution is 2.46. The van der Waals surface area contributed by atoms with Crippen LogP contribution in [0, 0.1) is 10.6 Å². The van der Waals surface area contributed by atoms with Crippen LogP contribution in [-0.4, -0.2) is 45.9 Å². The van der Waals surface area contributed by atoms with E-state index in [1.165, 1.54) is 43.2 Å². The first-order valence-corrected chi connectivity index (χ1v) is 10.7. The minimum absolute atomic E-state index is 0.0233. The van der Waals surface area contributed by atoms with Gasteiger partial charge < -0.3 is 10.1 Å². The summed E-state index contributed by atoms with van der Waals surface area (Å²) in [6.45, 7) is 3.50. The zero-order valence-electron chi connectivity index (χ0n) is 16.6. The zero-order valence-corrected chi connectivity index (χ0v) is 16.6. The van der Waals surface area contributed by atoms with Gasteiger partial charge in [-0.1, -0.05) is 37.1 Å². The molecule has 1 spiro atoms. The van der Waals surface area contributed by atoms with Crippen molar-refractivity contribution in [3.63, 3.8) is 0 Å². The van der Waals surface area contributed by atoms with E-state index in [0.29, 0.717) is 28.0 Å². The molecule has 2 aliphatic carbocycles. The summed E-state index contributed by atoms with van der Waals surface area (Å²) in [4.78, 5) is 28.5. The van der Waals surface area contributed by atoms with E-state index in [1.807, 2.05) is 0 Å². The molecular formula is C22H26N4O3. The molecule has 1 aromatic heterocycles. The summed E-state index contributed by atoms with van der Waals surface area (Å²) in [6.07, 6.45) is 8.83. The third-order valence-corrected chi connectivity index (χ3v) is 7.15.